The van der Waals surface area contributed by atoms with Gasteiger partial charge in [0.1, 0.15) is 11.9 Å². The van der Waals surface area contributed by atoms with Crippen molar-refractivity contribution in [2.75, 3.05) is 34.2 Å². The number of carbonyl (C=O) groups excluding carboxylic acids is 1. The van der Waals surface area contributed by atoms with Gasteiger partial charge in [-0.3, -0.25) is 4.79 Å². The molecule has 1 atom stereocenters. The van der Waals surface area contributed by atoms with Crippen LogP contribution in [-0.2, 0) is 9.59 Å². The Morgan fingerprint density at radius 2 is 1.79 bits per heavy atom. The first-order chi connectivity index (χ1) is 13.2. The summed E-state index contributed by atoms with van der Waals surface area (Å²) in [5, 5.41) is 16.9. The molecule has 150 valence electrons. The molecule has 2 N–H and O–H groups in total. The number of amides is 1. The number of carboxylic acids is 2. The van der Waals surface area contributed by atoms with E-state index in [1.54, 1.807) is 4.90 Å². The van der Waals surface area contributed by atoms with Crippen molar-refractivity contribution in [2.24, 2.45) is 0 Å². The van der Waals surface area contributed by atoms with Crippen molar-refractivity contribution in [3.8, 4) is 5.75 Å². The molecule has 1 amide bonds. The number of hydrogen-bond donors (Lipinski definition) is 2. The zero-order valence-electron chi connectivity index (χ0n) is 16.1. The molecule has 0 bridgehead atoms. The molecule has 3 rings (SSSR count). The summed E-state index contributed by atoms with van der Waals surface area (Å²) in [7, 11) is 5.95. The SMILES string of the molecule is CN(C)CCC1CN(C)C(=O)c2ccc3ccccc3c2O1.O=C(O)C(=O)O. The fourth-order valence-corrected chi connectivity index (χ4v) is 2.89. The Morgan fingerprint density at radius 3 is 2.39 bits per heavy atom. The van der Waals surface area contributed by atoms with Gasteiger partial charge in [-0.2, -0.15) is 0 Å². The highest BCUT2D eigenvalue weighted by atomic mass is 16.5. The number of carbonyl (C=O) groups is 3. The first-order valence-electron chi connectivity index (χ1n) is 8.75. The van der Waals surface area contributed by atoms with Crippen LogP contribution in [0.4, 0.5) is 0 Å². The van der Waals surface area contributed by atoms with Crippen LogP contribution >= 0.6 is 0 Å². The minimum atomic E-state index is -1.82. The molecule has 28 heavy (non-hydrogen) atoms. The molecule has 1 aliphatic rings. The summed E-state index contributed by atoms with van der Waals surface area (Å²) in [5.41, 5.74) is 0.661. The van der Waals surface area contributed by atoms with E-state index in [1.807, 2.05) is 43.4 Å². The Labute approximate surface area is 162 Å². The molecule has 1 unspecified atom stereocenters. The lowest BCUT2D eigenvalue weighted by molar-refractivity contribution is -0.159. The molecule has 0 fully saturated rings. The van der Waals surface area contributed by atoms with Crippen LogP contribution in [0.25, 0.3) is 10.8 Å². The van der Waals surface area contributed by atoms with Crippen molar-refractivity contribution in [3.63, 3.8) is 0 Å². The van der Waals surface area contributed by atoms with Crippen LogP contribution in [0.2, 0.25) is 0 Å². The second-order valence-electron chi connectivity index (χ2n) is 6.79. The number of nitrogens with zero attached hydrogens (tertiary/aromatic N) is 2. The van der Waals surface area contributed by atoms with Crippen molar-refractivity contribution in [3.05, 3.63) is 42.0 Å². The van der Waals surface area contributed by atoms with Gasteiger partial charge in [-0.05, 0) is 32.0 Å². The zero-order chi connectivity index (χ0) is 20.8. The third-order valence-corrected chi connectivity index (χ3v) is 4.30. The number of likely N-dealkylation sites (N-methyl/N-ethyl adjacent to an activating group) is 1. The van der Waals surface area contributed by atoms with Crippen molar-refractivity contribution < 1.29 is 29.3 Å². The van der Waals surface area contributed by atoms with Crippen LogP contribution in [0.15, 0.2) is 36.4 Å². The lowest BCUT2D eigenvalue weighted by Gasteiger charge is -2.22. The van der Waals surface area contributed by atoms with Gasteiger partial charge in [0.25, 0.3) is 5.91 Å². The van der Waals surface area contributed by atoms with Gasteiger partial charge in [0.2, 0.25) is 0 Å². The standard InChI is InChI=1S/C18H22N2O2.C2H2O4/c1-19(2)11-10-14-12-20(3)18(21)16-9-8-13-6-4-5-7-15(13)17(16)22-14;3-1(4)2(5)6/h4-9,14H,10-12H2,1-3H3;(H,3,4)(H,5,6). The fraction of sp³-hybridized carbons (Fsp3) is 0.350. The first kappa shape index (κ1) is 21.2. The van der Waals surface area contributed by atoms with Crippen LogP contribution in [0, 0.1) is 0 Å². The first-order valence-corrected chi connectivity index (χ1v) is 8.75. The van der Waals surface area contributed by atoms with E-state index in [-0.39, 0.29) is 12.0 Å². The summed E-state index contributed by atoms with van der Waals surface area (Å²) < 4.78 is 6.27. The Hall–Kier alpha value is -3.13. The molecule has 0 aromatic heterocycles. The van der Waals surface area contributed by atoms with Crippen LogP contribution in [-0.4, -0.2) is 78.2 Å². The number of carboxylic acid groups (broad SMARTS) is 2. The Morgan fingerprint density at radius 1 is 1.14 bits per heavy atom. The summed E-state index contributed by atoms with van der Waals surface area (Å²) in [6.45, 7) is 1.56. The number of ether oxygens (including phenoxy) is 1. The molecule has 2 aromatic rings. The Balaban J connectivity index is 0.000000409. The Kier molecular flexibility index (Phi) is 6.94. The van der Waals surface area contributed by atoms with Gasteiger partial charge >= 0.3 is 11.9 Å². The molecule has 2 aromatic carbocycles. The average Bonchev–Trinajstić information content (AvgIpc) is 2.77. The second kappa shape index (κ2) is 9.18. The minimum Gasteiger partial charge on any atom is -0.487 e. The second-order valence-corrected chi connectivity index (χ2v) is 6.79. The maximum atomic E-state index is 12.6. The van der Waals surface area contributed by atoms with E-state index < -0.39 is 11.9 Å². The van der Waals surface area contributed by atoms with E-state index >= 15 is 0 Å². The third-order valence-electron chi connectivity index (χ3n) is 4.30. The Bertz CT molecular complexity index is 868. The highest BCUT2D eigenvalue weighted by Crippen LogP contribution is 2.33. The molecular weight excluding hydrogens is 364 g/mol. The van der Waals surface area contributed by atoms with Crippen molar-refractivity contribution in [2.45, 2.75) is 12.5 Å². The van der Waals surface area contributed by atoms with Crippen molar-refractivity contribution in [1.29, 1.82) is 0 Å². The predicted octanol–water partition coefficient (Wildman–Crippen LogP) is 1.78. The van der Waals surface area contributed by atoms with Gasteiger partial charge in [-0.1, -0.05) is 30.3 Å². The van der Waals surface area contributed by atoms with Gasteiger partial charge in [-0.15, -0.1) is 0 Å². The molecule has 0 saturated carbocycles. The van der Waals surface area contributed by atoms with Crippen molar-refractivity contribution >= 4 is 28.6 Å². The molecule has 8 heteroatoms. The molecule has 0 aliphatic carbocycles. The summed E-state index contributed by atoms with van der Waals surface area (Å²) in [6, 6.07) is 11.9. The quantitative estimate of drug-likeness (QED) is 0.772. The number of aliphatic carboxylic acids is 2. The monoisotopic (exact) mass is 388 g/mol. The number of rotatable bonds is 3. The van der Waals surface area contributed by atoms with Gasteiger partial charge in [0, 0.05) is 19.0 Å². The van der Waals surface area contributed by atoms with E-state index in [0.29, 0.717) is 12.1 Å². The highest BCUT2D eigenvalue weighted by molar-refractivity contribution is 6.27. The van der Waals surface area contributed by atoms with E-state index in [0.717, 1.165) is 29.5 Å². The minimum absolute atomic E-state index is 0.0170. The molecule has 0 radical (unpaired) electrons. The summed E-state index contributed by atoms with van der Waals surface area (Å²) in [6.07, 6.45) is 0.913. The number of hydrogen-bond acceptors (Lipinski definition) is 5. The van der Waals surface area contributed by atoms with Crippen molar-refractivity contribution in [1.82, 2.24) is 9.80 Å². The molecule has 0 saturated heterocycles. The summed E-state index contributed by atoms with van der Waals surface area (Å²) >= 11 is 0. The molecule has 1 heterocycles. The van der Waals surface area contributed by atoms with Crippen LogP contribution in [0.3, 0.4) is 0 Å². The molecule has 1 aliphatic heterocycles. The van der Waals surface area contributed by atoms with Crippen LogP contribution < -0.4 is 4.74 Å². The zero-order valence-corrected chi connectivity index (χ0v) is 16.1. The molecular formula is C20H24N2O6. The smallest absolute Gasteiger partial charge is 0.414 e. The third kappa shape index (κ3) is 5.20. The maximum Gasteiger partial charge on any atom is 0.414 e. The maximum absolute atomic E-state index is 12.6. The van der Waals surface area contributed by atoms with E-state index in [2.05, 4.69) is 19.0 Å². The number of benzene rings is 2. The van der Waals surface area contributed by atoms with Gasteiger partial charge in [-0.25, -0.2) is 9.59 Å². The van der Waals surface area contributed by atoms with E-state index in [9.17, 15) is 4.79 Å². The highest BCUT2D eigenvalue weighted by Gasteiger charge is 2.27. The van der Waals surface area contributed by atoms with Crippen LogP contribution in [0.5, 0.6) is 5.75 Å². The largest absolute Gasteiger partial charge is 0.487 e. The lowest BCUT2D eigenvalue weighted by Crippen LogP contribution is -2.35. The normalized spacial score (nSPS) is 15.9. The topological polar surface area (TPSA) is 107 Å². The average molecular weight is 388 g/mol. The van der Waals surface area contributed by atoms with E-state index in [4.69, 9.17) is 24.5 Å². The summed E-state index contributed by atoms with van der Waals surface area (Å²) in [4.78, 5) is 34.7. The summed E-state index contributed by atoms with van der Waals surface area (Å²) in [5.74, 6) is -2.88. The number of fused-ring (bicyclic) bond motifs is 3. The van der Waals surface area contributed by atoms with Gasteiger partial charge < -0.3 is 24.7 Å². The van der Waals surface area contributed by atoms with Crippen LogP contribution in [0.1, 0.15) is 16.8 Å². The molecule has 8 nitrogen and oxygen atoms in total. The fourth-order valence-electron chi connectivity index (χ4n) is 2.89. The molecule has 0 spiro atoms. The predicted molar refractivity (Wildman–Crippen MR) is 104 cm³/mol. The van der Waals surface area contributed by atoms with E-state index in [1.165, 1.54) is 0 Å². The van der Waals surface area contributed by atoms with Gasteiger partial charge in [0.05, 0.1) is 12.1 Å². The van der Waals surface area contributed by atoms with Gasteiger partial charge in [0.15, 0.2) is 0 Å². The lowest BCUT2D eigenvalue weighted by atomic mass is 10.0.